The fourth-order valence-corrected chi connectivity index (χ4v) is 3.95. The average Bonchev–Trinajstić information content (AvgIpc) is 2.95. The molecule has 20 heavy (non-hydrogen) atoms. The highest BCUT2D eigenvalue weighted by atomic mass is 32.1. The van der Waals surface area contributed by atoms with Crippen molar-refractivity contribution in [2.75, 3.05) is 19.7 Å². The van der Waals surface area contributed by atoms with Crippen molar-refractivity contribution in [1.82, 2.24) is 4.90 Å². The van der Waals surface area contributed by atoms with Crippen molar-refractivity contribution < 1.29 is 19.4 Å². The summed E-state index contributed by atoms with van der Waals surface area (Å²) in [4.78, 5) is 26.6. The summed E-state index contributed by atoms with van der Waals surface area (Å²) in [6, 6.07) is 2.04. The van der Waals surface area contributed by atoms with Crippen LogP contribution in [0.1, 0.15) is 29.2 Å². The van der Waals surface area contributed by atoms with Gasteiger partial charge in [-0.2, -0.15) is 0 Å². The van der Waals surface area contributed by atoms with Gasteiger partial charge in [-0.05, 0) is 36.3 Å². The molecule has 0 aromatic carbocycles. The first-order valence-electron chi connectivity index (χ1n) is 6.86. The zero-order valence-electron chi connectivity index (χ0n) is 11.1. The summed E-state index contributed by atoms with van der Waals surface area (Å²) in [5, 5.41) is 11.0. The molecular formula is C14H17NO4S. The zero-order valence-corrected chi connectivity index (χ0v) is 11.9. The van der Waals surface area contributed by atoms with E-state index in [1.807, 2.05) is 11.4 Å². The number of aliphatic carboxylic acids is 1. The van der Waals surface area contributed by atoms with Crippen LogP contribution in [-0.2, 0) is 20.7 Å². The van der Waals surface area contributed by atoms with Gasteiger partial charge in [0.15, 0.2) is 6.10 Å². The van der Waals surface area contributed by atoms with Crippen LogP contribution in [0, 0.1) is 0 Å². The second kappa shape index (κ2) is 5.54. The summed E-state index contributed by atoms with van der Waals surface area (Å²) in [5.74, 6) is -1.04. The van der Waals surface area contributed by atoms with E-state index in [-0.39, 0.29) is 18.4 Å². The molecular weight excluding hydrogens is 278 g/mol. The van der Waals surface area contributed by atoms with Crippen molar-refractivity contribution in [3.05, 3.63) is 21.9 Å². The third kappa shape index (κ3) is 2.45. The van der Waals surface area contributed by atoms with Gasteiger partial charge in [-0.3, -0.25) is 4.79 Å². The monoisotopic (exact) mass is 295 g/mol. The molecule has 1 aliphatic heterocycles. The summed E-state index contributed by atoms with van der Waals surface area (Å²) >= 11 is 1.71. The first-order valence-corrected chi connectivity index (χ1v) is 7.74. The Morgan fingerprint density at radius 3 is 3.10 bits per heavy atom. The van der Waals surface area contributed by atoms with Crippen LogP contribution >= 0.6 is 11.3 Å². The second-order valence-electron chi connectivity index (χ2n) is 5.23. The molecule has 108 valence electrons. The van der Waals surface area contributed by atoms with Gasteiger partial charge in [0.1, 0.15) is 0 Å². The van der Waals surface area contributed by atoms with Crippen LogP contribution in [0.5, 0.6) is 0 Å². The van der Waals surface area contributed by atoms with Gasteiger partial charge >= 0.3 is 5.97 Å². The normalized spacial score (nSPS) is 26.1. The van der Waals surface area contributed by atoms with Crippen molar-refractivity contribution in [1.29, 1.82) is 0 Å². The van der Waals surface area contributed by atoms with Crippen LogP contribution in [0.3, 0.4) is 0 Å². The Kier molecular flexibility index (Phi) is 3.76. The molecule has 2 unspecified atom stereocenters. The molecule has 1 aromatic heterocycles. The Bertz CT molecular complexity index is 527. The van der Waals surface area contributed by atoms with E-state index in [0.717, 1.165) is 24.8 Å². The maximum atomic E-state index is 12.7. The Morgan fingerprint density at radius 1 is 1.45 bits per heavy atom. The smallest absolute Gasteiger partial charge is 0.334 e. The summed E-state index contributed by atoms with van der Waals surface area (Å²) in [7, 11) is 0. The van der Waals surface area contributed by atoms with E-state index in [1.54, 1.807) is 16.2 Å². The van der Waals surface area contributed by atoms with Crippen LogP contribution in [0.25, 0.3) is 0 Å². The molecule has 1 aromatic rings. The summed E-state index contributed by atoms with van der Waals surface area (Å²) in [6.45, 7) is 0.939. The molecule has 0 bridgehead atoms. The van der Waals surface area contributed by atoms with Crippen LogP contribution in [0.2, 0.25) is 0 Å². The van der Waals surface area contributed by atoms with Gasteiger partial charge in [0.05, 0.1) is 19.1 Å². The van der Waals surface area contributed by atoms with Crippen LogP contribution < -0.4 is 0 Å². The van der Waals surface area contributed by atoms with E-state index in [0.29, 0.717) is 13.2 Å². The van der Waals surface area contributed by atoms with Gasteiger partial charge in [-0.1, -0.05) is 0 Å². The van der Waals surface area contributed by atoms with E-state index in [2.05, 4.69) is 0 Å². The predicted molar refractivity (Wildman–Crippen MR) is 74.0 cm³/mol. The van der Waals surface area contributed by atoms with Gasteiger partial charge in [0.2, 0.25) is 5.91 Å². The number of carboxylic acid groups (broad SMARTS) is 1. The largest absolute Gasteiger partial charge is 0.479 e. The topological polar surface area (TPSA) is 66.8 Å². The molecule has 2 heterocycles. The molecule has 1 saturated heterocycles. The maximum Gasteiger partial charge on any atom is 0.334 e. The van der Waals surface area contributed by atoms with Gasteiger partial charge in [0.25, 0.3) is 0 Å². The second-order valence-corrected chi connectivity index (χ2v) is 6.23. The molecule has 3 rings (SSSR count). The van der Waals surface area contributed by atoms with Crippen LogP contribution in [-0.4, -0.2) is 47.7 Å². The van der Waals surface area contributed by atoms with Crippen molar-refractivity contribution >= 4 is 23.2 Å². The number of carbonyl (C=O) groups is 2. The molecule has 5 nitrogen and oxygen atoms in total. The number of nitrogens with zero attached hydrogens (tertiary/aromatic N) is 1. The number of rotatable bonds is 2. The Hall–Kier alpha value is -1.40. The highest BCUT2D eigenvalue weighted by Gasteiger charge is 2.35. The lowest BCUT2D eigenvalue weighted by molar-refractivity contribution is -0.159. The number of amides is 1. The first-order chi connectivity index (χ1) is 9.66. The van der Waals surface area contributed by atoms with Gasteiger partial charge in [-0.25, -0.2) is 4.79 Å². The SMILES string of the molecule is O=C(O)C1CN(C(=O)C2CCCc3sccc32)CCO1. The number of fused-ring (bicyclic) bond motifs is 1. The van der Waals surface area contributed by atoms with Crippen LogP contribution in [0.15, 0.2) is 11.4 Å². The summed E-state index contributed by atoms with van der Waals surface area (Å²) in [6.07, 6.45) is 2.05. The van der Waals surface area contributed by atoms with Crippen molar-refractivity contribution in [3.63, 3.8) is 0 Å². The number of carboxylic acids is 1. The Labute approximate surface area is 121 Å². The fourth-order valence-electron chi connectivity index (χ4n) is 2.96. The first kappa shape index (κ1) is 13.6. The van der Waals surface area contributed by atoms with Crippen molar-refractivity contribution in [3.8, 4) is 0 Å². The molecule has 1 fully saturated rings. The molecule has 0 saturated carbocycles. The van der Waals surface area contributed by atoms with Crippen LogP contribution in [0.4, 0.5) is 0 Å². The van der Waals surface area contributed by atoms with E-state index in [4.69, 9.17) is 9.84 Å². The van der Waals surface area contributed by atoms with E-state index in [9.17, 15) is 9.59 Å². The third-order valence-corrected chi connectivity index (χ3v) is 5.00. The van der Waals surface area contributed by atoms with E-state index >= 15 is 0 Å². The summed E-state index contributed by atoms with van der Waals surface area (Å²) in [5.41, 5.74) is 1.14. The minimum absolute atomic E-state index is 0.0545. The number of hydrogen-bond donors (Lipinski definition) is 1. The number of hydrogen-bond acceptors (Lipinski definition) is 4. The molecule has 0 radical (unpaired) electrons. The van der Waals surface area contributed by atoms with Gasteiger partial charge in [0, 0.05) is 11.4 Å². The molecule has 6 heteroatoms. The summed E-state index contributed by atoms with van der Waals surface area (Å²) < 4.78 is 5.17. The fraction of sp³-hybridized carbons (Fsp3) is 0.571. The number of carbonyl (C=O) groups excluding carboxylic acids is 1. The Balaban J connectivity index is 1.75. The quantitative estimate of drug-likeness (QED) is 0.897. The minimum Gasteiger partial charge on any atom is -0.479 e. The van der Waals surface area contributed by atoms with Crippen molar-refractivity contribution in [2.24, 2.45) is 0 Å². The number of thiophene rings is 1. The van der Waals surface area contributed by atoms with E-state index in [1.165, 1.54) is 4.88 Å². The standard InChI is InChI=1S/C14H17NO4S/c16-13(15-5-6-19-11(8-15)14(17)18)10-2-1-3-12-9(10)4-7-20-12/h4,7,10-11H,1-3,5-6,8H2,(H,17,18). The number of morpholine rings is 1. The molecule has 1 aliphatic carbocycles. The predicted octanol–water partition coefficient (Wildman–Crippen LogP) is 1.48. The lowest BCUT2D eigenvalue weighted by atomic mass is 9.86. The Morgan fingerprint density at radius 2 is 2.30 bits per heavy atom. The highest BCUT2D eigenvalue weighted by molar-refractivity contribution is 7.10. The highest BCUT2D eigenvalue weighted by Crippen LogP contribution is 2.36. The third-order valence-electron chi connectivity index (χ3n) is 4.00. The van der Waals surface area contributed by atoms with Gasteiger partial charge in [-0.15, -0.1) is 11.3 Å². The molecule has 2 aliphatic rings. The van der Waals surface area contributed by atoms with E-state index < -0.39 is 12.1 Å². The number of aryl methyl sites for hydroxylation is 1. The maximum absolute atomic E-state index is 12.7. The van der Waals surface area contributed by atoms with Gasteiger partial charge < -0.3 is 14.7 Å². The molecule has 0 spiro atoms. The molecule has 2 atom stereocenters. The zero-order chi connectivity index (χ0) is 14.1. The molecule has 1 N–H and O–H groups in total. The molecule has 1 amide bonds. The lowest BCUT2D eigenvalue weighted by Gasteiger charge is -2.34. The number of ether oxygens (including phenoxy) is 1. The minimum atomic E-state index is -0.998. The van der Waals surface area contributed by atoms with Crippen molar-refractivity contribution in [2.45, 2.75) is 31.3 Å². The lowest BCUT2D eigenvalue weighted by Crippen LogP contribution is -2.50. The average molecular weight is 295 g/mol.